The summed E-state index contributed by atoms with van der Waals surface area (Å²) < 4.78 is 2.57. The maximum Gasteiger partial charge on any atom is 0.231 e. The molecule has 2 aromatic heterocycles. The predicted octanol–water partition coefficient (Wildman–Crippen LogP) is 7.17. The van der Waals surface area contributed by atoms with Crippen molar-refractivity contribution < 1.29 is 4.57 Å². The van der Waals surface area contributed by atoms with Crippen molar-refractivity contribution >= 4 is 28.2 Å². The van der Waals surface area contributed by atoms with Crippen LogP contribution in [0.5, 0.6) is 0 Å². The lowest BCUT2D eigenvalue weighted by Crippen LogP contribution is -2.67. The van der Waals surface area contributed by atoms with Crippen molar-refractivity contribution in [1.82, 2.24) is 0 Å². The van der Waals surface area contributed by atoms with E-state index in [1.165, 1.54) is 37.3 Å². The smallest absolute Gasteiger partial charge is 0.191 e. The second kappa shape index (κ2) is 6.70. The van der Waals surface area contributed by atoms with Crippen molar-refractivity contribution in [3.8, 4) is 10.6 Å². The van der Waals surface area contributed by atoms with E-state index in [0.717, 1.165) is 12.8 Å². The predicted molar refractivity (Wildman–Crippen MR) is 123 cm³/mol. The van der Waals surface area contributed by atoms with Gasteiger partial charge in [0.2, 0.25) is 5.69 Å². The van der Waals surface area contributed by atoms with Crippen molar-refractivity contribution in [3.63, 3.8) is 0 Å². The molecular formula is C26H30NS+. The average molecular weight is 389 g/mol. The fourth-order valence-electron chi connectivity index (χ4n) is 5.24. The lowest BCUT2D eigenvalue weighted by atomic mass is 9.60. The Balaban J connectivity index is 2.22. The van der Waals surface area contributed by atoms with Crippen molar-refractivity contribution in [2.75, 3.05) is 0 Å². The molecule has 0 amide bonds. The number of pyridine rings is 1. The molecule has 0 saturated carbocycles. The molecule has 1 nitrogen and oxygen atoms in total. The van der Waals surface area contributed by atoms with E-state index in [4.69, 9.17) is 0 Å². The molecule has 28 heavy (non-hydrogen) atoms. The van der Waals surface area contributed by atoms with E-state index in [2.05, 4.69) is 101 Å². The maximum absolute atomic E-state index is 4.13. The minimum absolute atomic E-state index is 0.000623. The van der Waals surface area contributed by atoms with Crippen LogP contribution in [-0.4, -0.2) is 0 Å². The summed E-state index contributed by atoms with van der Waals surface area (Å²) in [6, 6.07) is 11.1. The molecule has 0 aliphatic carbocycles. The molecule has 144 valence electrons. The molecule has 0 N–H and O–H groups in total. The van der Waals surface area contributed by atoms with Gasteiger partial charge in [-0.05, 0) is 55.8 Å². The van der Waals surface area contributed by atoms with Crippen LogP contribution < -0.4 is 4.57 Å². The molecule has 3 heterocycles. The van der Waals surface area contributed by atoms with Gasteiger partial charge in [0, 0.05) is 24.3 Å². The Labute approximate surface area is 173 Å². The van der Waals surface area contributed by atoms with Crippen LogP contribution in [0.25, 0.3) is 27.4 Å². The van der Waals surface area contributed by atoms with Gasteiger partial charge in [-0.1, -0.05) is 37.3 Å². The summed E-state index contributed by atoms with van der Waals surface area (Å²) in [4.78, 5) is 2.81. The normalized spacial score (nSPS) is 23.8. The summed E-state index contributed by atoms with van der Waals surface area (Å²) in [5.41, 5.74) is 4.31. The first-order chi connectivity index (χ1) is 13.4. The lowest BCUT2D eigenvalue weighted by molar-refractivity contribution is -0.763. The highest BCUT2D eigenvalue weighted by molar-refractivity contribution is 7.16. The molecule has 2 unspecified atom stereocenters. The van der Waals surface area contributed by atoms with Crippen LogP contribution >= 0.6 is 11.3 Å². The van der Waals surface area contributed by atoms with E-state index < -0.39 is 0 Å². The Bertz CT molecular complexity index is 1100. The van der Waals surface area contributed by atoms with Crippen LogP contribution in [0.4, 0.5) is 0 Å². The molecule has 0 spiro atoms. The Morgan fingerprint density at radius 2 is 1.93 bits per heavy atom. The van der Waals surface area contributed by atoms with Gasteiger partial charge < -0.3 is 0 Å². The zero-order valence-electron chi connectivity index (χ0n) is 17.7. The second-order valence-corrected chi connectivity index (χ2v) is 9.42. The Morgan fingerprint density at radius 3 is 2.61 bits per heavy atom. The van der Waals surface area contributed by atoms with Crippen LogP contribution in [0.2, 0.25) is 0 Å². The minimum atomic E-state index is -0.0212. The van der Waals surface area contributed by atoms with Crippen molar-refractivity contribution in [1.29, 1.82) is 0 Å². The van der Waals surface area contributed by atoms with Crippen LogP contribution in [-0.2, 0) is 11.0 Å². The van der Waals surface area contributed by atoms with E-state index >= 15 is 0 Å². The monoisotopic (exact) mass is 388 g/mol. The molecule has 2 heteroatoms. The molecule has 1 aromatic carbocycles. The Hall–Kier alpha value is -2.19. The number of rotatable bonds is 4. The summed E-state index contributed by atoms with van der Waals surface area (Å²) >= 11 is 1.94. The lowest BCUT2D eigenvalue weighted by Gasteiger charge is -2.45. The van der Waals surface area contributed by atoms with Crippen molar-refractivity contribution in [2.24, 2.45) is 0 Å². The minimum Gasteiger partial charge on any atom is -0.191 e. The number of hydrogen-bond donors (Lipinski definition) is 0. The molecule has 0 fully saturated rings. The number of benzene rings is 1. The summed E-state index contributed by atoms with van der Waals surface area (Å²) in [6.07, 6.45) is 10.9. The molecule has 2 atom stereocenters. The molecule has 0 radical (unpaired) electrons. The summed E-state index contributed by atoms with van der Waals surface area (Å²) in [7, 11) is 0. The zero-order valence-corrected chi connectivity index (χ0v) is 18.5. The van der Waals surface area contributed by atoms with Crippen molar-refractivity contribution in [3.05, 3.63) is 71.3 Å². The van der Waals surface area contributed by atoms with Crippen LogP contribution in [0.3, 0.4) is 0 Å². The first-order valence-electron chi connectivity index (χ1n) is 10.2. The summed E-state index contributed by atoms with van der Waals surface area (Å²) in [5.74, 6) is 0. The highest BCUT2D eigenvalue weighted by atomic mass is 32.1. The second-order valence-electron chi connectivity index (χ2n) is 8.37. The van der Waals surface area contributed by atoms with Gasteiger partial charge in [0.05, 0.1) is 10.8 Å². The van der Waals surface area contributed by atoms with E-state index in [1.807, 2.05) is 11.3 Å². The molecule has 1 aliphatic rings. The third kappa shape index (κ3) is 2.34. The Kier molecular flexibility index (Phi) is 4.58. The number of nitrogens with zero attached hydrogens (tertiary/aromatic N) is 1. The third-order valence-corrected chi connectivity index (χ3v) is 8.35. The van der Waals surface area contributed by atoms with Gasteiger partial charge >= 0.3 is 0 Å². The highest BCUT2D eigenvalue weighted by Crippen LogP contribution is 2.55. The fourth-order valence-corrected chi connectivity index (χ4v) is 6.70. The van der Waals surface area contributed by atoms with Gasteiger partial charge in [-0.3, -0.25) is 0 Å². The number of fused-ring (bicyclic) bond motifs is 5. The number of hydrogen-bond acceptors (Lipinski definition) is 1. The van der Waals surface area contributed by atoms with Gasteiger partial charge in [0.15, 0.2) is 11.7 Å². The largest absolute Gasteiger partial charge is 0.231 e. The number of allylic oxidation sites excluding steroid dienone is 2. The summed E-state index contributed by atoms with van der Waals surface area (Å²) in [5, 5.41) is 2.66. The molecule has 1 aliphatic heterocycles. The van der Waals surface area contributed by atoms with E-state index in [9.17, 15) is 0 Å². The van der Waals surface area contributed by atoms with Crippen LogP contribution in [0, 0.1) is 6.92 Å². The first kappa shape index (κ1) is 19.1. The highest BCUT2D eigenvalue weighted by Gasteiger charge is 2.58. The molecule has 4 rings (SSSR count). The van der Waals surface area contributed by atoms with Crippen LogP contribution in [0.15, 0.2) is 55.3 Å². The van der Waals surface area contributed by atoms with Gasteiger partial charge in [-0.25, -0.2) is 0 Å². The zero-order chi connectivity index (χ0) is 20.1. The quantitative estimate of drug-likeness (QED) is 0.329. The molecule has 3 aromatic rings. The standard InChI is InChI=1S/C26H30NS/c1-7-12-21-18(4)22-24(28-21)23-20-14-11-10-13-19(20)15-17-27(23)26(6,9-3)25(22,5)16-8-2/h7-8,10-15,17H,2,9,16H2,1,3-6H3/q+1. The van der Waals surface area contributed by atoms with E-state index in [0.29, 0.717) is 0 Å². The van der Waals surface area contributed by atoms with Gasteiger partial charge in [-0.2, -0.15) is 4.57 Å². The fraction of sp³-hybridized carbons (Fsp3) is 0.346. The number of aromatic nitrogens is 1. The topological polar surface area (TPSA) is 3.88 Å². The average Bonchev–Trinajstić information content (AvgIpc) is 3.03. The maximum atomic E-state index is 4.13. The van der Waals surface area contributed by atoms with Gasteiger partial charge in [-0.15, -0.1) is 17.9 Å². The van der Waals surface area contributed by atoms with Gasteiger partial charge in [0.1, 0.15) is 4.88 Å². The van der Waals surface area contributed by atoms with E-state index in [-0.39, 0.29) is 11.0 Å². The SMILES string of the molecule is C=CCC1(C)c2c(sc(C=CC)c2C)-c2c3ccccc3cc[n+]2C1(C)CC. The van der Waals surface area contributed by atoms with Crippen molar-refractivity contribution in [2.45, 2.75) is 58.4 Å². The molecular weight excluding hydrogens is 358 g/mol. The van der Waals surface area contributed by atoms with Gasteiger partial charge in [0.25, 0.3) is 0 Å². The molecule has 0 bridgehead atoms. The summed E-state index contributed by atoms with van der Waals surface area (Å²) in [6.45, 7) is 15.8. The van der Waals surface area contributed by atoms with Crippen LogP contribution in [0.1, 0.15) is 56.5 Å². The molecule has 0 saturated heterocycles. The third-order valence-electron chi connectivity index (χ3n) is 7.09. The first-order valence-corrected chi connectivity index (χ1v) is 11.1. The number of thiophene rings is 1. The Morgan fingerprint density at radius 1 is 1.18 bits per heavy atom. The van der Waals surface area contributed by atoms with E-state index in [1.54, 1.807) is 0 Å².